The lowest BCUT2D eigenvalue weighted by molar-refractivity contribution is -0.123. The van der Waals surface area contributed by atoms with Crippen LogP contribution in [0.25, 0.3) is 0 Å². The summed E-state index contributed by atoms with van der Waals surface area (Å²) in [6, 6.07) is 7.01. The Bertz CT molecular complexity index is 624. The zero-order chi connectivity index (χ0) is 15.2. The van der Waals surface area contributed by atoms with Gasteiger partial charge in [-0.3, -0.25) is 4.79 Å². The summed E-state index contributed by atoms with van der Waals surface area (Å²) in [5, 5.41) is 13.8. The quantitative estimate of drug-likeness (QED) is 0.608. The molecule has 6 nitrogen and oxygen atoms in total. The number of thioether (sulfide) groups is 1. The first-order valence-electron chi connectivity index (χ1n) is 5.87. The minimum absolute atomic E-state index is 0.0580. The molecule has 0 aromatic heterocycles. The van der Waals surface area contributed by atoms with E-state index in [1.54, 1.807) is 18.2 Å². The molecule has 0 atom stereocenters. The van der Waals surface area contributed by atoms with Crippen LogP contribution in [0.4, 0.5) is 0 Å². The Morgan fingerprint density at radius 1 is 1.57 bits per heavy atom. The molecule has 1 heterocycles. The van der Waals surface area contributed by atoms with Crippen molar-refractivity contribution in [2.75, 3.05) is 19.5 Å². The van der Waals surface area contributed by atoms with Crippen LogP contribution in [0.1, 0.15) is 5.56 Å². The number of nitriles is 1. The minimum Gasteiger partial charge on any atom is -0.493 e. The second-order valence-electron chi connectivity index (χ2n) is 3.86. The van der Waals surface area contributed by atoms with E-state index in [1.165, 1.54) is 30.1 Å². The Labute approximate surface area is 131 Å². The number of amides is 1. The summed E-state index contributed by atoms with van der Waals surface area (Å²) >= 11 is 6.32. The SMILES string of the molecule is COc1cc(C=NN2C(=O)CSC2=S)ccc1OCC#N. The number of hydrazone groups is 1. The fraction of sp³-hybridized carbons (Fsp3) is 0.231. The molecule has 0 radical (unpaired) electrons. The number of carbonyl (C=O) groups excluding carboxylic acids is 1. The van der Waals surface area contributed by atoms with Crippen LogP contribution >= 0.6 is 24.0 Å². The van der Waals surface area contributed by atoms with Gasteiger partial charge in [-0.25, -0.2) is 0 Å². The van der Waals surface area contributed by atoms with Crippen LogP contribution in [0.2, 0.25) is 0 Å². The third-order valence-corrected chi connectivity index (χ3v) is 3.87. The summed E-state index contributed by atoms with van der Waals surface area (Å²) in [6.45, 7) is -0.0580. The van der Waals surface area contributed by atoms with Crippen molar-refractivity contribution in [1.29, 1.82) is 5.26 Å². The average molecular weight is 321 g/mol. The summed E-state index contributed by atoms with van der Waals surface area (Å²) < 4.78 is 10.9. The van der Waals surface area contributed by atoms with E-state index in [4.69, 9.17) is 27.0 Å². The highest BCUT2D eigenvalue weighted by Crippen LogP contribution is 2.27. The molecule has 0 unspecified atom stereocenters. The van der Waals surface area contributed by atoms with Gasteiger partial charge in [-0.15, -0.1) is 0 Å². The van der Waals surface area contributed by atoms with Gasteiger partial charge in [-0.2, -0.15) is 15.4 Å². The Hall–Kier alpha value is -2.11. The van der Waals surface area contributed by atoms with Gasteiger partial charge in [0.05, 0.1) is 19.1 Å². The molecule has 0 N–H and O–H groups in total. The number of hydrogen-bond acceptors (Lipinski definition) is 7. The molecule has 2 rings (SSSR count). The summed E-state index contributed by atoms with van der Waals surface area (Å²) in [4.78, 5) is 11.5. The summed E-state index contributed by atoms with van der Waals surface area (Å²) in [7, 11) is 1.51. The van der Waals surface area contributed by atoms with Crippen molar-refractivity contribution >= 4 is 40.4 Å². The molecule has 0 aliphatic carbocycles. The molecule has 108 valence electrons. The second-order valence-corrected chi connectivity index (χ2v) is 5.47. The summed E-state index contributed by atoms with van der Waals surface area (Å²) in [5.41, 5.74) is 0.726. The standard InChI is InChI=1S/C13H11N3O3S2/c1-18-11-6-9(2-3-10(11)19-5-4-14)7-15-16-12(17)8-21-13(16)20/h2-3,6-7H,5,8H2,1H3. The van der Waals surface area contributed by atoms with Crippen molar-refractivity contribution in [3.8, 4) is 17.6 Å². The maximum atomic E-state index is 11.5. The third-order valence-electron chi connectivity index (χ3n) is 2.53. The first-order valence-corrected chi connectivity index (χ1v) is 7.26. The Balaban J connectivity index is 2.15. The molecule has 1 amide bonds. The van der Waals surface area contributed by atoms with Gasteiger partial charge in [0.25, 0.3) is 5.91 Å². The molecular weight excluding hydrogens is 310 g/mol. The summed E-state index contributed by atoms with van der Waals surface area (Å²) in [6.07, 6.45) is 1.52. The number of hydrogen-bond donors (Lipinski definition) is 0. The first-order chi connectivity index (χ1) is 10.2. The average Bonchev–Trinajstić information content (AvgIpc) is 2.82. The van der Waals surface area contributed by atoms with Gasteiger partial charge in [0, 0.05) is 0 Å². The molecule has 1 aromatic rings. The van der Waals surface area contributed by atoms with Crippen LogP contribution in [0.5, 0.6) is 11.5 Å². The number of ether oxygens (including phenoxy) is 2. The monoisotopic (exact) mass is 321 g/mol. The number of methoxy groups -OCH3 is 1. The molecule has 1 aliphatic heterocycles. The molecule has 1 aromatic carbocycles. The van der Waals surface area contributed by atoms with Crippen molar-refractivity contribution in [3.63, 3.8) is 0 Å². The molecule has 0 bridgehead atoms. The molecule has 1 saturated heterocycles. The van der Waals surface area contributed by atoms with E-state index in [0.29, 0.717) is 21.6 Å². The summed E-state index contributed by atoms with van der Waals surface area (Å²) in [5.74, 6) is 1.14. The molecule has 8 heteroatoms. The van der Waals surface area contributed by atoms with E-state index in [1.807, 2.05) is 6.07 Å². The zero-order valence-corrected chi connectivity index (χ0v) is 12.7. The van der Waals surface area contributed by atoms with Crippen LogP contribution in [0, 0.1) is 11.3 Å². The van der Waals surface area contributed by atoms with E-state index >= 15 is 0 Å². The molecule has 0 spiro atoms. The molecular formula is C13H11N3O3S2. The predicted octanol–water partition coefficient (Wildman–Crippen LogP) is 1.79. The van der Waals surface area contributed by atoms with Gasteiger partial charge in [0.1, 0.15) is 6.07 Å². The van der Waals surface area contributed by atoms with Crippen LogP contribution in [-0.4, -0.2) is 40.9 Å². The highest BCUT2D eigenvalue weighted by Gasteiger charge is 2.25. The molecule has 1 fully saturated rings. The fourth-order valence-electron chi connectivity index (χ4n) is 1.58. The van der Waals surface area contributed by atoms with Gasteiger partial charge in [-0.1, -0.05) is 24.0 Å². The van der Waals surface area contributed by atoms with Gasteiger partial charge >= 0.3 is 0 Å². The second kappa shape index (κ2) is 7.06. The van der Waals surface area contributed by atoms with E-state index in [9.17, 15) is 4.79 Å². The maximum absolute atomic E-state index is 11.5. The van der Waals surface area contributed by atoms with Crippen LogP contribution < -0.4 is 9.47 Å². The van der Waals surface area contributed by atoms with Gasteiger partial charge in [-0.05, 0) is 23.8 Å². The van der Waals surface area contributed by atoms with Crippen LogP contribution in [0.3, 0.4) is 0 Å². The Morgan fingerprint density at radius 3 is 3.00 bits per heavy atom. The maximum Gasteiger partial charge on any atom is 0.259 e. The van der Waals surface area contributed by atoms with Crippen molar-refractivity contribution in [2.45, 2.75) is 0 Å². The fourth-order valence-corrected chi connectivity index (χ4v) is 2.54. The lowest BCUT2D eigenvalue weighted by Gasteiger charge is -2.09. The number of rotatable bonds is 5. The molecule has 0 saturated carbocycles. The first kappa shape index (κ1) is 15.3. The number of nitrogens with zero attached hydrogens (tertiary/aromatic N) is 3. The van der Waals surface area contributed by atoms with E-state index in [0.717, 1.165) is 5.56 Å². The van der Waals surface area contributed by atoms with Crippen LogP contribution in [-0.2, 0) is 4.79 Å². The smallest absolute Gasteiger partial charge is 0.259 e. The predicted molar refractivity (Wildman–Crippen MR) is 83.6 cm³/mol. The normalized spacial score (nSPS) is 14.6. The van der Waals surface area contributed by atoms with Gasteiger partial charge in [0.15, 0.2) is 22.4 Å². The third kappa shape index (κ3) is 3.71. The highest BCUT2D eigenvalue weighted by atomic mass is 32.2. The largest absolute Gasteiger partial charge is 0.493 e. The zero-order valence-electron chi connectivity index (χ0n) is 11.1. The molecule has 1 aliphatic rings. The van der Waals surface area contributed by atoms with Crippen molar-refractivity contribution < 1.29 is 14.3 Å². The Kier molecular flexibility index (Phi) is 5.14. The highest BCUT2D eigenvalue weighted by molar-refractivity contribution is 8.23. The van der Waals surface area contributed by atoms with Crippen molar-refractivity contribution in [2.24, 2.45) is 5.10 Å². The van der Waals surface area contributed by atoms with Crippen molar-refractivity contribution in [3.05, 3.63) is 23.8 Å². The Morgan fingerprint density at radius 2 is 2.38 bits per heavy atom. The topological polar surface area (TPSA) is 74.9 Å². The van der Waals surface area contributed by atoms with Gasteiger partial charge in [0.2, 0.25) is 0 Å². The van der Waals surface area contributed by atoms with E-state index in [-0.39, 0.29) is 12.5 Å². The molecule has 21 heavy (non-hydrogen) atoms. The number of thiocarbonyl (C=S) groups is 1. The number of carbonyl (C=O) groups is 1. The van der Waals surface area contributed by atoms with Crippen molar-refractivity contribution in [1.82, 2.24) is 5.01 Å². The van der Waals surface area contributed by atoms with Crippen LogP contribution in [0.15, 0.2) is 23.3 Å². The van der Waals surface area contributed by atoms with Gasteiger partial charge < -0.3 is 9.47 Å². The van der Waals surface area contributed by atoms with E-state index < -0.39 is 0 Å². The lowest BCUT2D eigenvalue weighted by atomic mass is 10.2. The number of benzene rings is 1. The van der Waals surface area contributed by atoms with E-state index in [2.05, 4.69) is 5.10 Å². The lowest BCUT2D eigenvalue weighted by Crippen LogP contribution is -2.22. The minimum atomic E-state index is -0.137.